The number of hydrazone groups is 1. The monoisotopic (exact) mass is 444 g/mol. The Morgan fingerprint density at radius 1 is 0.727 bits per heavy atom. The highest BCUT2D eigenvalue weighted by Gasteiger charge is 2.11. The highest BCUT2D eigenvalue weighted by Crippen LogP contribution is 2.11. The van der Waals surface area contributed by atoms with Gasteiger partial charge in [-0.05, 0) is 41.0 Å². The van der Waals surface area contributed by atoms with Crippen LogP contribution in [0.15, 0.2) is 90.0 Å². The van der Waals surface area contributed by atoms with Crippen LogP contribution in [0.5, 0.6) is 5.75 Å². The zero-order valence-corrected chi connectivity index (χ0v) is 17.9. The minimum atomic E-state index is -0.858. The lowest BCUT2D eigenvalue weighted by Crippen LogP contribution is -2.37. The first kappa shape index (κ1) is 23.2. The third-order valence-electron chi connectivity index (χ3n) is 4.46. The molecule has 3 aromatic rings. The predicted octanol–water partition coefficient (Wildman–Crippen LogP) is 2.15. The Hall–Kier alpha value is -4.46. The van der Waals surface area contributed by atoms with E-state index in [1.165, 1.54) is 6.21 Å². The van der Waals surface area contributed by atoms with Gasteiger partial charge in [-0.25, -0.2) is 5.43 Å². The molecule has 8 nitrogen and oxygen atoms in total. The lowest BCUT2D eigenvalue weighted by Gasteiger charge is -2.08. The molecule has 3 N–H and O–H groups in total. The molecule has 0 spiro atoms. The maximum absolute atomic E-state index is 11.9. The molecule has 0 atom stereocenters. The van der Waals surface area contributed by atoms with E-state index in [1.54, 1.807) is 24.3 Å². The van der Waals surface area contributed by atoms with Gasteiger partial charge in [0.15, 0.2) is 6.61 Å². The Balaban J connectivity index is 1.36. The third kappa shape index (κ3) is 8.29. The fourth-order valence-corrected chi connectivity index (χ4v) is 2.72. The number of carbonyl (C=O) groups excluding carboxylic acids is 3. The normalized spacial score (nSPS) is 10.4. The number of amides is 3. The highest BCUT2D eigenvalue weighted by atomic mass is 16.5. The van der Waals surface area contributed by atoms with Gasteiger partial charge >= 0.3 is 11.8 Å². The second-order valence-electron chi connectivity index (χ2n) is 6.99. The van der Waals surface area contributed by atoms with Gasteiger partial charge < -0.3 is 15.4 Å². The molecule has 0 aliphatic heterocycles. The van der Waals surface area contributed by atoms with Crippen LogP contribution < -0.4 is 20.8 Å². The van der Waals surface area contributed by atoms with Crippen LogP contribution in [0.3, 0.4) is 0 Å². The summed E-state index contributed by atoms with van der Waals surface area (Å²) in [6, 6.07) is 25.7. The van der Waals surface area contributed by atoms with E-state index in [9.17, 15) is 14.4 Å². The van der Waals surface area contributed by atoms with Gasteiger partial charge in [-0.15, -0.1) is 0 Å². The summed E-state index contributed by atoms with van der Waals surface area (Å²) in [7, 11) is 0. The Morgan fingerprint density at radius 2 is 1.30 bits per heavy atom. The second-order valence-corrected chi connectivity index (χ2v) is 6.99. The number of hydrogen-bond donors (Lipinski definition) is 3. The summed E-state index contributed by atoms with van der Waals surface area (Å²) in [5, 5.41) is 9.09. The van der Waals surface area contributed by atoms with Gasteiger partial charge in [-0.3, -0.25) is 14.4 Å². The van der Waals surface area contributed by atoms with Crippen molar-refractivity contribution in [2.24, 2.45) is 5.10 Å². The molecule has 3 aromatic carbocycles. The van der Waals surface area contributed by atoms with E-state index in [4.69, 9.17) is 4.74 Å². The van der Waals surface area contributed by atoms with Crippen molar-refractivity contribution in [1.82, 2.24) is 16.1 Å². The Kier molecular flexibility index (Phi) is 8.73. The zero-order chi connectivity index (χ0) is 23.3. The van der Waals surface area contributed by atoms with Crippen LogP contribution in [0.1, 0.15) is 16.7 Å². The van der Waals surface area contributed by atoms with Crippen LogP contribution in [-0.2, 0) is 27.5 Å². The first-order valence-corrected chi connectivity index (χ1v) is 10.3. The summed E-state index contributed by atoms with van der Waals surface area (Å²) in [5.74, 6) is -1.34. The predicted molar refractivity (Wildman–Crippen MR) is 124 cm³/mol. The smallest absolute Gasteiger partial charge is 0.329 e. The second kappa shape index (κ2) is 12.4. The molecule has 33 heavy (non-hydrogen) atoms. The Bertz CT molecular complexity index is 1080. The number of nitrogens with one attached hydrogen (secondary N) is 3. The van der Waals surface area contributed by atoms with Gasteiger partial charge in [-0.1, -0.05) is 60.7 Å². The van der Waals surface area contributed by atoms with Gasteiger partial charge in [0.25, 0.3) is 5.91 Å². The average molecular weight is 444 g/mol. The van der Waals surface area contributed by atoms with Crippen molar-refractivity contribution in [1.29, 1.82) is 0 Å². The van der Waals surface area contributed by atoms with Gasteiger partial charge in [0.2, 0.25) is 0 Å². The minimum Gasteiger partial charge on any atom is -0.484 e. The summed E-state index contributed by atoms with van der Waals surface area (Å²) < 4.78 is 5.47. The van der Waals surface area contributed by atoms with Crippen LogP contribution in [-0.4, -0.2) is 30.5 Å². The number of carbonyl (C=O) groups is 3. The number of ether oxygens (including phenoxy) is 1. The molecule has 0 aliphatic rings. The topological polar surface area (TPSA) is 109 Å². The fourth-order valence-electron chi connectivity index (χ4n) is 2.72. The first-order valence-electron chi connectivity index (χ1n) is 10.3. The van der Waals surface area contributed by atoms with E-state index in [0.717, 1.165) is 11.1 Å². The molecule has 0 saturated heterocycles. The summed E-state index contributed by atoms with van der Waals surface area (Å²) in [4.78, 5) is 35.5. The van der Waals surface area contributed by atoms with Crippen molar-refractivity contribution in [3.63, 3.8) is 0 Å². The van der Waals surface area contributed by atoms with Crippen molar-refractivity contribution in [2.45, 2.75) is 13.1 Å². The number of hydrogen-bond acceptors (Lipinski definition) is 5. The standard InChI is InChI=1S/C25H24N4O4/c30-23(26-15-19-7-3-1-4-8-19)18-33-22-13-11-21(12-14-22)17-28-29-25(32)24(31)27-16-20-9-5-2-6-10-20/h1-14,17H,15-16,18H2,(H,26,30)(H,27,31)(H,29,32)/b28-17-. The van der Waals surface area contributed by atoms with Crippen LogP contribution >= 0.6 is 0 Å². The van der Waals surface area contributed by atoms with E-state index in [-0.39, 0.29) is 19.1 Å². The fraction of sp³-hybridized carbons (Fsp3) is 0.120. The lowest BCUT2D eigenvalue weighted by molar-refractivity contribution is -0.139. The molecule has 3 rings (SSSR count). The van der Waals surface area contributed by atoms with E-state index < -0.39 is 11.8 Å². The molecule has 0 aromatic heterocycles. The maximum atomic E-state index is 11.9. The van der Waals surface area contributed by atoms with Crippen molar-refractivity contribution >= 4 is 23.9 Å². The van der Waals surface area contributed by atoms with E-state index in [2.05, 4.69) is 21.2 Å². The van der Waals surface area contributed by atoms with Crippen LogP contribution in [0.2, 0.25) is 0 Å². The molecule has 0 heterocycles. The molecular formula is C25H24N4O4. The van der Waals surface area contributed by atoms with Crippen molar-refractivity contribution < 1.29 is 19.1 Å². The van der Waals surface area contributed by atoms with Crippen LogP contribution in [0.25, 0.3) is 0 Å². The van der Waals surface area contributed by atoms with Gasteiger partial charge in [-0.2, -0.15) is 5.10 Å². The summed E-state index contributed by atoms with van der Waals surface area (Å²) in [6.45, 7) is 0.589. The molecule has 0 bridgehead atoms. The molecule has 168 valence electrons. The Labute approximate surface area is 191 Å². The quantitative estimate of drug-likeness (QED) is 0.267. The van der Waals surface area contributed by atoms with Crippen LogP contribution in [0.4, 0.5) is 0 Å². The third-order valence-corrected chi connectivity index (χ3v) is 4.46. The number of nitrogens with zero attached hydrogens (tertiary/aromatic N) is 1. The van der Waals surface area contributed by atoms with Crippen LogP contribution in [0, 0.1) is 0 Å². The SMILES string of the molecule is O=C(COc1ccc(/C=N\NC(=O)C(=O)NCc2ccccc2)cc1)NCc1ccccc1. The van der Waals surface area contributed by atoms with E-state index >= 15 is 0 Å². The molecule has 0 radical (unpaired) electrons. The molecule has 0 unspecified atom stereocenters. The van der Waals surface area contributed by atoms with Gasteiger partial charge in [0.1, 0.15) is 5.75 Å². The van der Waals surface area contributed by atoms with Crippen molar-refractivity contribution in [2.75, 3.05) is 6.61 Å². The van der Waals surface area contributed by atoms with Crippen molar-refractivity contribution in [3.8, 4) is 5.75 Å². The molecular weight excluding hydrogens is 420 g/mol. The van der Waals surface area contributed by atoms with E-state index in [1.807, 2.05) is 60.7 Å². The number of benzene rings is 3. The summed E-state index contributed by atoms with van der Waals surface area (Å²) in [5.41, 5.74) is 4.76. The zero-order valence-electron chi connectivity index (χ0n) is 17.9. The van der Waals surface area contributed by atoms with Gasteiger partial charge in [0, 0.05) is 13.1 Å². The average Bonchev–Trinajstić information content (AvgIpc) is 2.86. The number of rotatable bonds is 9. The molecule has 8 heteroatoms. The largest absolute Gasteiger partial charge is 0.484 e. The maximum Gasteiger partial charge on any atom is 0.329 e. The van der Waals surface area contributed by atoms with E-state index in [0.29, 0.717) is 17.9 Å². The first-order chi connectivity index (χ1) is 16.1. The molecule has 0 aliphatic carbocycles. The van der Waals surface area contributed by atoms with Gasteiger partial charge in [0.05, 0.1) is 6.21 Å². The Morgan fingerprint density at radius 3 is 1.91 bits per heavy atom. The van der Waals surface area contributed by atoms with Crippen molar-refractivity contribution in [3.05, 3.63) is 102 Å². The summed E-state index contributed by atoms with van der Waals surface area (Å²) >= 11 is 0. The molecule has 0 fully saturated rings. The summed E-state index contributed by atoms with van der Waals surface area (Å²) in [6.07, 6.45) is 1.40. The highest BCUT2D eigenvalue weighted by molar-refractivity contribution is 6.35. The lowest BCUT2D eigenvalue weighted by atomic mass is 10.2. The molecule has 0 saturated carbocycles. The molecule has 3 amide bonds. The minimum absolute atomic E-state index is 0.103.